The first kappa shape index (κ1) is 10.3. The fourth-order valence-electron chi connectivity index (χ4n) is 1.21. The van der Waals surface area contributed by atoms with E-state index in [0.29, 0.717) is 16.5 Å². The van der Waals surface area contributed by atoms with Gasteiger partial charge in [-0.05, 0) is 18.6 Å². The van der Waals surface area contributed by atoms with E-state index in [1.165, 1.54) is 11.3 Å². The van der Waals surface area contributed by atoms with Crippen molar-refractivity contribution >= 4 is 22.9 Å². The van der Waals surface area contributed by atoms with Gasteiger partial charge < -0.3 is 0 Å². The highest BCUT2D eigenvalue weighted by atomic mass is 35.5. The lowest BCUT2D eigenvalue weighted by Gasteiger charge is -2.00. The van der Waals surface area contributed by atoms with Crippen LogP contribution in [-0.2, 0) is 6.54 Å². The third-order valence-corrected chi connectivity index (χ3v) is 2.87. The molecule has 2 rings (SSSR count). The normalized spacial score (nSPS) is 10.5. The van der Waals surface area contributed by atoms with Gasteiger partial charge in [0.25, 0.3) is 0 Å². The molecule has 0 aliphatic carbocycles. The molecule has 0 fully saturated rings. The number of pyridine rings is 1. The highest BCUT2D eigenvalue weighted by Gasteiger charge is 2.01. The Morgan fingerprint density at radius 3 is 2.87 bits per heavy atom. The summed E-state index contributed by atoms with van der Waals surface area (Å²) in [5.74, 6) is 0. The molecule has 0 aliphatic heterocycles. The van der Waals surface area contributed by atoms with Crippen molar-refractivity contribution < 1.29 is 0 Å². The van der Waals surface area contributed by atoms with Crippen LogP contribution in [0, 0.1) is 12.3 Å². The van der Waals surface area contributed by atoms with Gasteiger partial charge >= 0.3 is 0 Å². The van der Waals surface area contributed by atoms with Gasteiger partial charge in [-0.15, -0.1) is 0 Å². The molecule has 2 heterocycles. The summed E-state index contributed by atoms with van der Waals surface area (Å²) in [6.07, 6.45) is 1.70. The van der Waals surface area contributed by atoms with Gasteiger partial charge in [-0.1, -0.05) is 29.0 Å². The van der Waals surface area contributed by atoms with Crippen LogP contribution in [0.15, 0.2) is 18.3 Å². The maximum absolute atomic E-state index is 7.66. The molecule has 0 unspecified atom stereocenters. The molecule has 0 radical (unpaired) electrons. The Morgan fingerprint density at radius 2 is 2.33 bits per heavy atom. The average molecular weight is 241 g/mol. The molecule has 78 valence electrons. The minimum absolute atomic E-state index is 0.447. The molecule has 2 aromatic heterocycles. The summed E-state index contributed by atoms with van der Waals surface area (Å²) in [7, 11) is 0. The van der Waals surface area contributed by atoms with Crippen LogP contribution in [0.5, 0.6) is 0 Å². The van der Waals surface area contributed by atoms with E-state index in [4.69, 9.17) is 17.0 Å². The quantitative estimate of drug-likeness (QED) is 0.815. The number of nitrogens with one attached hydrogen (secondary N) is 1. The van der Waals surface area contributed by atoms with Crippen molar-refractivity contribution in [2.45, 2.75) is 13.5 Å². The van der Waals surface area contributed by atoms with Gasteiger partial charge in [0, 0.05) is 6.20 Å². The maximum atomic E-state index is 7.66. The van der Waals surface area contributed by atoms with Crippen molar-refractivity contribution in [2.24, 2.45) is 0 Å². The van der Waals surface area contributed by atoms with Crippen LogP contribution in [-0.4, -0.2) is 14.8 Å². The highest BCUT2D eigenvalue weighted by Crippen LogP contribution is 2.06. The van der Waals surface area contributed by atoms with Crippen LogP contribution >= 0.6 is 22.9 Å². The van der Waals surface area contributed by atoms with Crippen LogP contribution in [0.4, 0.5) is 0 Å². The third kappa shape index (κ3) is 2.43. The van der Waals surface area contributed by atoms with Crippen molar-refractivity contribution in [1.82, 2.24) is 14.8 Å². The lowest BCUT2D eigenvalue weighted by atomic mass is 10.3. The summed E-state index contributed by atoms with van der Waals surface area (Å²) in [4.78, 5) is 4.42. The Morgan fingerprint density at radius 1 is 1.53 bits per heavy atom. The van der Waals surface area contributed by atoms with E-state index in [1.54, 1.807) is 16.9 Å². The smallest absolute Gasteiger partial charge is 0.200 e. The molecule has 0 bridgehead atoms. The maximum Gasteiger partial charge on any atom is 0.200 e. The monoisotopic (exact) mass is 240 g/mol. The fourth-order valence-corrected chi connectivity index (χ4v) is 1.95. The molecule has 0 spiro atoms. The second-order valence-electron chi connectivity index (χ2n) is 3.07. The number of aryl methyl sites for hydroxylation is 1. The van der Waals surface area contributed by atoms with E-state index in [-0.39, 0.29) is 0 Å². The van der Waals surface area contributed by atoms with Crippen LogP contribution < -0.4 is 4.80 Å². The van der Waals surface area contributed by atoms with Gasteiger partial charge in [-0.2, -0.15) is 5.10 Å². The molecule has 0 aromatic carbocycles. The van der Waals surface area contributed by atoms with Crippen molar-refractivity contribution in [1.29, 1.82) is 5.41 Å². The Kier molecular flexibility index (Phi) is 2.83. The van der Waals surface area contributed by atoms with Crippen molar-refractivity contribution in [3.05, 3.63) is 38.9 Å². The molecule has 1 N–H and O–H groups in total. The number of hydrogen-bond acceptors (Lipinski definition) is 4. The summed E-state index contributed by atoms with van der Waals surface area (Å²) in [5.41, 5.74) is 0.989. The molecule has 0 amide bonds. The first-order valence-corrected chi connectivity index (χ1v) is 5.54. The molecule has 2 aromatic rings. The number of rotatable bonds is 2. The van der Waals surface area contributed by atoms with Gasteiger partial charge in [0.1, 0.15) is 10.2 Å². The van der Waals surface area contributed by atoms with E-state index in [9.17, 15) is 0 Å². The first-order chi connectivity index (χ1) is 7.15. The van der Waals surface area contributed by atoms with Gasteiger partial charge in [-0.25, -0.2) is 9.67 Å². The number of nitrogens with zero attached hydrogens (tertiary/aromatic N) is 3. The average Bonchev–Trinajstić information content (AvgIpc) is 2.49. The van der Waals surface area contributed by atoms with Crippen molar-refractivity contribution in [3.63, 3.8) is 0 Å². The largest absolute Gasteiger partial charge is 0.274 e. The van der Waals surface area contributed by atoms with Gasteiger partial charge in [0.05, 0.1) is 6.54 Å². The molecule has 0 saturated heterocycles. The standard InChI is InChI=1S/C9H9ClN4S/c1-6-13-14(9(11)15-6)5-7-2-3-8(10)12-4-7/h2-4,11H,5H2,1H3. The highest BCUT2D eigenvalue weighted by molar-refractivity contribution is 7.08. The van der Waals surface area contributed by atoms with E-state index >= 15 is 0 Å². The molecule has 15 heavy (non-hydrogen) atoms. The third-order valence-electron chi connectivity index (χ3n) is 1.86. The Bertz CT molecular complexity index is 514. The van der Waals surface area contributed by atoms with Crippen LogP contribution in [0.2, 0.25) is 5.15 Å². The molecular formula is C9H9ClN4S. The Balaban J connectivity index is 2.25. The number of halogens is 1. The van der Waals surface area contributed by atoms with Crippen LogP contribution in [0.3, 0.4) is 0 Å². The number of hydrogen-bond donors (Lipinski definition) is 1. The molecule has 6 heteroatoms. The zero-order valence-corrected chi connectivity index (χ0v) is 9.64. The molecule has 0 aliphatic rings. The lowest BCUT2D eigenvalue weighted by molar-refractivity contribution is 0.641. The fraction of sp³-hybridized carbons (Fsp3) is 0.222. The van der Waals surface area contributed by atoms with Gasteiger partial charge in [0.15, 0.2) is 0 Å². The topological polar surface area (TPSA) is 54.6 Å². The van der Waals surface area contributed by atoms with Crippen molar-refractivity contribution in [2.75, 3.05) is 0 Å². The van der Waals surface area contributed by atoms with E-state index in [1.807, 2.05) is 13.0 Å². The minimum Gasteiger partial charge on any atom is -0.274 e. The van der Waals surface area contributed by atoms with E-state index < -0.39 is 0 Å². The molecule has 0 saturated carbocycles. The lowest BCUT2D eigenvalue weighted by Crippen LogP contribution is -2.15. The van der Waals surface area contributed by atoms with Crippen LogP contribution in [0.1, 0.15) is 10.6 Å². The Hall–Kier alpha value is -1.20. The zero-order chi connectivity index (χ0) is 10.8. The second-order valence-corrected chi connectivity index (χ2v) is 4.64. The van der Waals surface area contributed by atoms with Crippen LogP contribution in [0.25, 0.3) is 0 Å². The summed E-state index contributed by atoms with van der Waals surface area (Å²) in [6, 6.07) is 3.62. The van der Waals surface area contributed by atoms with Gasteiger partial charge in [-0.3, -0.25) is 5.41 Å². The summed E-state index contributed by atoms with van der Waals surface area (Å²) < 4.78 is 1.64. The molecular weight excluding hydrogens is 232 g/mol. The van der Waals surface area contributed by atoms with Crippen molar-refractivity contribution in [3.8, 4) is 0 Å². The predicted molar refractivity (Wildman–Crippen MR) is 59.0 cm³/mol. The summed E-state index contributed by atoms with van der Waals surface area (Å²) in [6.45, 7) is 2.45. The summed E-state index contributed by atoms with van der Waals surface area (Å²) >= 11 is 7.05. The Labute approximate surface area is 95.7 Å². The van der Waals surface area contributed by atoms with E-state index in [0.717, 1.165) is 10.6 Å². The zero-order valence-electron chi connectivity index (χ0n) is 8.07. The second kappa shape index (κ2) is 4.12. The molecule has 4 nitrogen and oxygen atoms in total. The number of aromatic nitrogens is 3. The van der Waals surface area contributed by atoms with Gasteiger partial charge in [0.2, 0.25) is 4.80 Å². The summed E-state index contributed by atoms with van der Waals surface area (Å²) in [5, 5.41) is 13.2. The molecule has 0 atom stereocenters. The predicted octanol–water partition coefficient (Wildman–Crippen LogP) is 1.83. The minimum atomic E-state index is 0.447. The van der Waals surface area contributed by atoms with E-state index in [2.05, 4.69) is 10.1 Å². The first-order valence-electron chi connectivity index (χ1n) is 4.35. The SMILES string of the molecule is Cc1nn(Cc2ccc(Cl)nc2)c(=N)s1.